The number of allylic oxidation sites excluding steroid dienone is 1. The molecular weight excluding hydrogens is 635 g/mol. The molecule has 0 aliphatic heterocycles. The number of phosphoric ester groups is 1. The van der Waals surface area contributed by atoms with Crippen LogP contribution in [-0.2, 0) is 18.0 Å². The van der Waals surface area contributed by atoms with E-state index in [1.54, 1.807) is 0 Å². The lowest BCUT2D eigenvalue weighted by molar-refractivity contribution is -0.870. The van der Waals surface area contributed by atoms with Crippen molar-refractivity contribution in [2.75, 3.05) is 40.9 Å². The normalized spacial score (nSPS) is 15.4. The molecule has 7 nitrogen and oxygen atoms in total. The first-order chi connectivity index (χ1) is 22.7. The van der Waals surface area contributed by atoms with Crippen LogP contribution in [0.5, 0.6) is 0 Å². The summed E-state index contributed by atoms with van der Waals surface area (Å²) in [5.41, 5.74) is 6.81. The van der Waals surface area contributed by atoms with Gasteiger partial charge in [0.2, 0.25) is 0 Å². The summed E-state index contributed by atoms with van der Waals surface area (Å²) in [6, 6.07) is 20.2. The van der Waals surface area contributed by atoms with Gasteiger partial charge in [-0.1, -0.05) is 165 Å². The zero-order valence-corrected chi connectivity index (χ0v) is 33.1. The highest BCUT2D eigenvalue weighted by molar-refractivity contribution is 7.47. The summed E-state index contributed by atoms with van der Waals surface area (Å²) in [4.78, 5) is 10.5. The third-order valence-corrected chi connectivity index (χ3v) is 14.9. The monoisotopic (exact) mass is 703 g/mol. The van der Waals surface area contributed by atoms with E-state index in [-0.39, 0.29) is 18.3 Å². The molecule has 272 valence electrons. The number of nitrogens with zero attached hydrogens (tertiary/aromatic N) is 1. The molecule has 0 amide bonds. The van der Waals surface area contributed by atoms with Crippen molar-refractivity contribution in [1.29, 1.82) is 0 Å². The van der Waals surface area contributed by atoms with E-state index in [4.69, 9.17) is 19.2 Å². The first kappa shape index (κ1) is 42.6. The summed E-state index contributed by atoms with van der Waals surface area (Å²) < 4.78 is 31.5. The number of unbranched alkanes of at least 4 members (excludes halogenated alkanes) is 11. The maximum absolute atomic E-state index is 12.8. The van der Waals surface area contributed by atoms with Gasteiger partial charge in [-0.25, -0.2) is 4.57 Å². The van der Waals surface area contributed by atoms with E-state index < -0.39 is 28.3 Å². The Morgan fingerprint density at radius 1 is 0.812 bits per heavy atom. The largest absolute Gasteiger partial charge is 0.472 e. The van der Waals surface area contributed by atoms with Crippen molar-refractivity contribution < 1.29 is 27.4 Å². The summed E-state index contributed by atoms with van der Waals surface area (Å²) in [5, 5.41) is 2.05. The van der Waals surface area contributed by atoms with Crippen molar-refractivity contribution in [3.8, 4) is 0 Å². The van der Waals surface area contributed by atoms with Gasteiger partial charge in [-0.15, -0.1) is 0 Å². The second-order valence-electron chi connectivity index (χ2n) is 15.3. The first-order valence-electron chi connectivity index (χ1n) is 18.4. The molecule has 0 bridgehead atoms. The van der Waals surface area contributed by atoms with Crippen molar-refractivity contribution >= 4 is 26.5 Å². The van der Waals surface area contributed by atoms with Gasteiger partial charge in [0.25, 0.3) is 8.32 Å². The Morgan fingerprint density at radius 3 is 1.75 bits per heavy atom. The number of hydrogen-bond acceptors (Lipinski definition) is 5. The molecule has 0 saturated carbocycles. The highest BCUT2D eigenvalue weighted by Gasteiger charge is 2.51. The van der Waals surface area contributed by atoms with E-state index in [1.807, 2.05) is 33.3 Å². The predicted molar refractivity (Wildman–Crippen MR) is 205 cm³/mol. The molecule has 0 radical (unpaired) electrons. The van der Waals surface area contributed by atoms with Gasteiger partial charge in [0.15, 0.2) is 0 Å². The predicted octanol–water partition coefficient (Wildman–Crippen LogP) is 8.36. The van der Waals surface area contributed by atoms with Crippen molar-refractivity contribution in [2.24, 2.45) is 5.73 Å². The molecule has 0 spiro atoms. The number of rotatable bonds is 25. The quantitative estimate of drug-likeness (QED) is 0.0355. The Hall–Kier alpha value is -1.61. The molecule has 3 atom stereocenters. The smallest absolute Gasteiger partial charge is 0.399 e. The van der Waals surface area contributed by atoms with Crippen molar-refractivity contribution in [2.45, 2.75) is 122 Å². The Kier molecular flexibility index (Phi) is 19.1. The van der Waals surface area contributed by atoms with Gasteiger partial charge in [0, 0.05) is 0 Å². The van der Waals surface area contributed by atoms with Gasteiger partial charge in [-0.05, 0) is 28.3 Å². The van der Waals surface area contributed by atoms with Crippen molar-refractivity contribution in [3.63, 3.8) is 0 Å². The SMILES string of the molecule is CCCCCCCCCCCCCC=CC(O[Si](c1ccccc1)(c1ccccc1)C(C)(C)C)C(N)COP(=O)(O)OCC[N+](C)(C)C. The number of benzene rings is 2. The summed E-state index contributed by atoms with van der Waals surface area (Å²) in [6.07, 6.45) is 19.0. The molecule has 0 aliphatic carbocycles. The minimum Gasteiger partial charge on any atom is -0.399 e. The van der Waals surface area contributed by atoms with Crippen LogP contribution in [0.4, 0.5) is 0 Å². The fraction of sp³-hybridized carbons (Fsp3) is 0.641. The number of phosphoric acid groups is 1. The summed E-state index contributed by atoms with van der Waals surface area (Å²) in [7, 11) is -1.25. The van der Waals surface area contributed by atoms with Gasteiger partial charge >= 0.3 is 7.82 Å². The van der Waals surface area contributed by atoms with Gasteiger partial charge in [0.05, 0.1) is 39.9 Å². The Bertz CT molecular complexity index is 1160. The van der Waals surface area contributed by atoms with Crippen LogP contribution in [0.2, 0.25) is 5.04 Å². The van der Waals surface area contributed by atoms with Gasteiger partial charge in [-0.2, -0.15) is 0 Å². The molecule has 9 heteroatoms. The highest BCUT2D eigenvalue weighted by Crippen LogP contribution is 2.43. The fourth-order valence-corrected chi connectivity index (χ4v) is 11.5. The summed E-state index contributed by atoms with van der Waals surface area (Å²) in [6.45, 7) is 9.46. The fourth-order valence-electron chi connectivity index (χ4n) is 6.06. The Morgan fingerprint density at radius 2 is 1.29 bits per heavy atom. The van der Waals surface area contributed by atoms with Crippen LogP contribution in [0.25, 0.3) is 0 Å². The molecular formula is C39H68N2O5PSi+. The van der Waals surface area contributed by atoms with Crippen LogP contribution in [0.15, 0.2) is 72.8 Å². The average molecular weight is 704 g/mol. The number of quaternary nitrogens is 1. The lowest BCUT2D eigenvalue weighted by Crippen LogP contribution is -2.68. The van der Waals surface area contributed by atoms with E-state index in [2.05, 4.69) is 88.4 Å². The molecule has 3 unspecified atom stereocenters. The second kappa shape index (κ2) is 21.6. The van der Waals surface area contributed by atoms with E-state index in [0.717, 1.165) is 23.2 Å². The lowest BCUT2D eigenvalue weighted by atomic mass is 10.0. The number of likely N-dealkylation sites (N-methyl/N-ethyl adjacent to an activating group) is 1. The van der Waals surface area contributed by atoms with Crippen LogP contribution in [0.3, 0.4) is 0 Å². The summed E-state index contributed by atoms with van der Waals surface area (Å²) >= 11 is 0. The maximum Gasteiger partial charge on any atom is 0.472 e. The molecule has 0 aromatic heterocycles. The van der Waals surface area contributed by atoms with E-state index in [0.29, 0.717) is 11.0 Å². The van der Waals surface area contributed by atoms with Gasteiger partial charge in [-0.3, -0.25) is 9.05 Å². The number of nitrogens with two attached hydrogens (primary N) is 1. The molecule has 0 fully saturated rings. The van der Waals surface area contributed by atoms with Crippen LogP contribution in [0.1, 0.15) is 105 Å². The zero-order valence-electron chi connectivity index (χ0n) is 31.2. The van der Waals surface area contributed by atoms with Crippen LogP contribution in [0, 0.1) is 0 Å². The molecule has 0 aliphatic rings. The average Bonchev–Trinajstić information content (AvgIpc) is 3.03. The summed E-state index contributed by atoms with van der Waals surface area (Å²) in [5.74, 6) is 0. The molecule has 3 N–H and O–H groups in total. The Balaban J connectivity index is 2.20. The third-order valence-electron chi connectivity index (χ3n) is 8.90. The van der Waals surface area contributed by atoms with E-state index in [1.165, 1.54) is 64.2 Å². The van der Waals surface area contributed by atoms with Crippen LogP contribution in [-0.4, -0.2) is 70.7 Å². The lowest BCUT2D eigenvalue weighted by Gasteiger charge is -2.45. The van der Waals surface area contributed by atoms with Crippen molar-refractivity contribution in [3.05, 3.63) is 72.8 Å². The van der Waals surface area contributed by atoms with E-state index >= 15 is 0 Å². The Labute approximate surface area is 294 Å². The van der Waals surface area contributed by atoms with Crippen LogP contribution < -0.4 is 16.1 Å². The minimum absolute atomic E-state index is 0.105. The standard InChI is InChI=1S/C39H67N2O5PSi/c1-8-9-10-11-12-13-14-15-16-17-18-19-26-31-38(37(40)34-45-47(42,43)44-33-32-41(5,6)7)46-48(39(2,3)4,35-27-22-20-23-28-35)36-29-24-21-25-30-36/h20-31,37-38H,8-19,32-34,40H2,1-7H3/p+1. The molecule has 2 aromatic carbocycles. The van der Waals surface area contributed by atoms with Crippen LogP contribution >= 0.6 is 7.82 Å². The van der Waals surface area contributed by atoms with Gasteiger partial charge < -0.3 is 19.5 Å². The molecule has 0 saturated heterocycles. The third kappa shape index (κ3) is 15.5. The topological polar surface area (TPSA) is 91.0 Å². The molecule has 0 heterocycles. The number of hydrogen-bond donors (Lipinski definition) is 2. The first-order valence-corrected chi connectivity index (χ1v) is 21.8. The maximum atomic E-state index is 12.8. The molecule has 2 rings (SSSR count). The molecule has 48 heavy (non-hydrogen) atoms. The van der Waals surface area contributed by atoms with E-state index in [9.17, 15) is 9.46 Å². The molecule has 2 aromatic rings. The highest BCUT2D eigenvalue weighted by atomic mass is 31.2. The van der Waals surface area contributed by atoms with Crippen molar-refractivity contribution in [1.82, 2.24) is 0 Å². The minimum atomic E-state index is -4.29. The van der Waals surface area contributed by atoms with Gasteiger partial charge in [0.1, 0.15) is 13.2 Å². The second-order valence-corrected chi connectivity index (χ2v) is 21.0. The zero-order chi connectivity index (χ0) is 35.5.